The molecule has 62 heavy (non-hydrogen) atoms. The van der Waals surface area contributed by atoms with Gasteiger partial charge in [0.05, 0.1) is 0 Å². The van der Waals surface area contributed by atoms with Crippen LogP contribution in [0.1, 0.15) is 79.5 Å². The molecule has 0 heterocycles. The van der Waals surface area contributed by atoms with Crippen molar-refractivity contribution in [3.63, 3.8) is 0 Å². The molecule has 0 N–H and O–H groups in total. The van der Waals surface area contributed by atoms with Crippen LogP contribution >= 0.6 is 0 Å². The molecule has 0 nitrogen and oxygen atoms in total. The normalized spacial score (nSPS) is 15.1. The molecule has 7 aromatic carbocycles. The second kappa shape index (κ2) is 17.9. The fourth-order valence-corrected chi connectivity index (χ4v) is 9.59. The molecule has 0 amide bonds. The molecule has 1 atom stereocenters. The van der Waals surface area contributed by atoms with E-state index in [2.05, 4.69) is 237 Å². The molecule has 0 heteroatoms. The SMILES string of the molecule is C=C/C=C\C1=C(c2ccc(-c3cccc4c3-c3ccc(-c5ccccc5)cc3C4(C)C)cc2)c2cccc(/C(C=C)=C(C)/C=C\C)c2C1C.Cc1ccc(-c2ccccc2)cc1. The summed E-state index contributed by atoms with van der Waals surface area (Å²) in [5.74, 6) is 0.224. The Balaban J connectivity index is 0.000000346. The summed E-state index contributed by atoms with van der Waals surface area (Å²) in [6, 6.07) is 59.6. The zero-order valence-electron chi connectivity index (χ0n) is 37.0. The molecule has 0 spiro atoms. The zero-order valence-corrected chi connectivity index (χ0v) is 37.0. The molecule has 0 bridgehead atoms. The summed E-state index contributed by atoms with van der Waals surface area (Å²) in [7, 11) is 0. The van der Waals surface area contributed by atoms with Gasteiger partial charge >= 0.3 is 0 Å². The van der Waals surface area contributed by atoms with Crippen molar-refractivity contribution in [2.45, 2.75) is 52.9 Å². The molecule has 9 rings (SSSR count). The third-order valence-electron chi connectivity index (χ3n) is 12.8. The number of rotatable bonds is 9. The number of hydrogen-bond donors (Lipinski definition) is 0. The molecule has 304 valence electrons. The topological polar surface area (TPSA) is 0 Å². The van der Waals surface area contributed by atoms with Gasteiger partial charge in [0.2, 0.25) is 0 Å². The first-order chi connectivity index (χ1) is 30.2. The number of benzene rings is 7. The first-order valence-electron chi connectivity index (χ1n) is 21.9. The molecular formula is C62H56. The quantitative estimate of drug-likeness (QED) is 0.128. The van der Waals surface area contributed by atoms with E-state index >= 15 is 0 Å². The lowest BCUT2D eigenvalue weighted by Gasteiger charge is -2.22. The summed E-state index contributed by atoms with van der Waals surface area (Å²) < 4.78 is 0. The van der Waals surface area contributed by atoms with Crippen LogP contribution in [0.25, 0.3) is 55.7 Å². The number of allylic oxidation sites excluding steroid dienone is 9. The van der Waals surface area contributed by atoms with Crippen molar-refractivity contribution in [1.29, 1.82) is 0 Å². The second-order valence-corrected chi connectivity index (χ2v) is 17.0. The average molecular weight is 801 g/mol. The molecule has 0 aromatic heterocycles. The predicted molar refractivity (Wildman–Crippen MR) is 269 cm³/mol. The highest BCUT2D eigenvalue weighted by Gasteiger charge is 2.37. The van der Waals surface area contributed by atoms with E-state index in [9.17, 15) is 0 Å². The van der Waals surface area contributed by atoms with Crippen LogP contribution in [-0.2, 0) is 5.41 Å². The van der Waals surface area contributed by atoms with Crippen molar-refractivity contribution >= 4 is 11.1 Å². The fourth-order valence-electron chi connectivity index (χ4n) is 9.59. The van der Waals surface area contributed by atoms with Gasteiger partial charge in [0.25, 0.3) is 0 Å². The van der Waals surface area contributed by atoms with Crippen LogP contribution in [0.2, 0.25) is 0 Å². The summed E-state index contributed by atoms with van der Waals surface area (Å²) >= 11 is 0. The first-order valence-corrected chi connectivity index (χ1v) is 21.9. The Bertz CT molecular complexity index is 2890. The van der Waals surface area contributed by atoms with Crippen molar-refractivity contribution in [3.8, 4) is 44.5 Å². The standard InChI is InChI=1S/C49H44.C13H12/c1-8-11-20-39-33(5)46-41(38(10-3)32(4)17-9-2)22-15-23-43(46)47(39)36-27-25-35(26-28-36)40-21-16-24-44-48(40)42-30-29-37(31-45(42)49(44,6)7)34-18-13-12-14-19-34;1-11-7-9-13(10-8-11)12-5-3-2-4-6-12/h8-31,33H,1,3H2,2,4-7H3;2-10H,1H3/b17-9-,20-11-,38-32+;. The Morgan fingerprint density at radius 3 is 1.81 bits per heavy atom. The fraction of sp³-hybridized carbons (Fsp3) is 0.129. The zero-order chi connectivity index (χ0) is 43.4. The highest BCUT2D eigenvalue weighted by molar-refractivity contribution is 5.96. The van der Waals surface area contributed by atoms with Gasteiger partial charge in [-0.05, 0) is 127 Å². The maximum Gasteiger partial charge on any atom is 0.0159 e. The van der Waals surface area contributed by atoms with Gasteiger partial charge in [0, 0.05) is 11.3 Å². The van der Waals surface area contributed by atoms with E-state index in [0.29, 0.717) is 0 Å². The van der Waals surface area contributed by atoms with E-state index in [4.69, 9.17) is 0 Å². The van der Waals surface area contributed by atoms with Crippen molar-refractivity contribution in [2.75, 3.05) is 0 Å². The minimum absolute atomic E-state index is 0.0893. The number of hydrogen-bond acceptors (Lipinski definition) is 0. The highest BCUT2D eigenvalue weighted by atomic mass is 14.4. The monoisotopic (exact) mass is 800 g/mol. The van der Waals surface area contributed by atoms with Crippen molar-refractivity contribution < 1.29 is 0 Å². The molecule has 1 unspecified atom stereocenters. The van der Waals surface area contributed by atoms with Crippen LogP contribution in [0.4, 0.5) is 0 Å². The van der Waals surface area contributed by atoms with Crippen molar-refractivity contribution in [1.82, 2.24) is 0 Å². The number of fused-ring (bicyclic) bond motifs is 4. The lowest BCUT2D eigenvalue weighted by molar-refractivity contribution is 0.660. The van der Waals surface area contributed by atoms with Crippen LogP contribution in [0.15, 0.2) is 225 Å². The summed E-state index contributed by atoms with van der Waals surface area (Å²) in [5, 5.41) is 0. The van der Waals surface area contributed by atoms with E-state index in [0.717, 1.165) is 0 Å². The molecule has 0 fully saturated rings. The van der Waals surface area contributed by atoms with Crippen molar-refractivity contribution in [3.05, 3.63) is 263 Å². The van der Waals surface area contributed by atoms with Gasteiger partial charge in [-0.25, -0.2) is 0 Å². The highest BCUT2D eigenvalue weighted by Crippen LogP contribution is 2.53. The van der Waals surface area contributed by atoms with Gasteiger partial charge in [-0.1, -0.05) is 234 Å². The average Bonchev–Trinajstić information content (AvgIpc) is 3.72. The minimum atomic E-state index is -0.0893. The summed E-state index contributed by atoms with van der Waals surface area (Å²) in [4.78, 5) is 0. The third-order valence-corrected chi connectivity index (χ3v) is 12.8. The first kappa shape index (κ1) is 41.7. The van der Waals surface area contributed by atoms with Crippen LogP contribution in [0, 0.1) is 6.92 Å². The molecule has 2 aliphatic rings. The smallest absolute Gasteiger partial charge is 0.0159 e. The summed E-state index contributed by atoms with van der Waals surface area (Å²) in [6.07, 6.45) is 12.4. The molecule has 0 saturated heterocycles. The maximum absolute atomic E-state index is 4.21. The molecule has 0 aliphatic heterocycles. The van der Waals surface area contributed by atoms with Crippen LogP contribution < -0.4 is 0 Å². The molecule has 7 aromatic rings. The van der Waals surface area contributed by atoms with E-state index in [1.165, 1.54) is 106 Å². The lowest BCUT2D eigenvalue weighted by Crippen LogP contribution is -2.15. The Morgan fingerprint density at radius 2 is 1.16 bits per heavy atom. The van der Waals surface area contributed by atoms with E-state index < -0.39 is 0 Å². The Hall–Kier alpha value is -7.02. The van der Waals surface area contributed by atoms with E-state index in [-0.39, 0.29) is 11.3 Å². The summed E-state index contributed by atoms with van der Waals surface area (Å²) in [6.45, 7) is 21.6. The van der Waals surface area contributed by atoms with Gasteiger partial charge in [0.15, 0.2) is 0 Å². The van der Waals surface area contributed by atoms with Crippen LogP contribution in [0.5, 0.6) is 0 Å². The molecule has 2 aliphatic carbocycles. The second-order valence-electron chi connectivity index (χ2n) is 17.0. The Kier molecular flexibility index (Phi) is 12.0. The van der Waals surface area contributed by atoms with Gasteiger partial charge < -0.3 is 0 Å². The maximum atomic E-state index is 4.21. The Labute approximate surface area is 370 Å². The lowest BCUT2D eigenvalue weighted by atomic mass is 9.81. The van der Waals surface area contributed by atoms with Crippen molar-refractivity contribution in [2.24, 2.45) is 0 Å². The van der Waals surface area contributed by atoms with E-state index in [1.807, 2.05) is 18.2 Å². The van der Waals surface area contributed by atoms with Gasteiger partial charge in [-0.15, -0.1) is 0 Å². The predicted octanol–water partition coefficient (Wildman–Crippen LogP) is 17.2. The van der Waals surface area contributed by atoms with Gasteiger partial charge in [-0.2, -0.15) is 0 Å². The molecule has 0 radical (unpaired) electrons. The molecular weight excluding hydrogens is 745 g/mol. The van der Waals surface area contributed by atoms with Crippen LogP contribution in [-0.4, -0.2) is 0 Å². The molecule has 0 saturated carbocycles. The minimum Gasteiger partial charge on any atom is -0.0991 e. The third kappa shape index (κ3) is 7.86. The largest absolute Gasteiger partial charge is 0.0991 e. The summed E-state index contributed by atoms with van der Waals surface area (Å²) in [5.41, 5.74) is 24.4. The van der Waals surface area contributed by atoms with Crippen LogP contribution in [0.3, 0.4) is 0 Å². The van der Waals surface area contributed by atoms with Gasteiger partial charge in [0.1, 0.15) is 0 Å². The van der Waals surface area contributed by atoms with E-state index in [1.54, 1.807) is 0 Å². The van der Waals surface area contributed by atoms with Gasteiger partial charge in [-0.3, -0.25) is 0 Å². The Morgan fingerprint density at radius 1 is 0.581 bits per heavy atom. The number of aryl methyl sites for hydroxylation is 1.